The summed E-state index contributed by atoms with van der Waals surface area (Å²) >= 11 is 0. The summed E-state index contributed by atoms with van der Waals surface area (Å²) in [5.41, 5.74) is 0. The number of alkyl halides is 9. The van der Waals surface area contributed by atoms with Gasteiger partial charge in [0.2, 0.25) is 0 Å². The van der Waals surface area contributed by atoms with Crippen molar-refractivity contribution in [1.82, 2.24) is 0 Å². The van der Waals surface area contributed by atoms with E-state index in [1.165, 1.54) is 0 Å². The van der Waals surface area contributed by atoms with Gasteiger partial charge in [-0.3, -0.25) is 9.59 Å². The van der Waals surface area contributed by atoms with E-state index in [4.69, 9.17) is 10.2 Å². The number of carboxylic acid groups (broad SMARTS) is 2. The average Bonchev–Trinajstić information content (AvgIpc) is 2.25. The number of rotatable bonds is 7. The van der Waals surface area contributed by atoms with E-state index >= 15 is 0 Å². The highest BCUT2D eigenvalue weighted by Crippen LogP contribution is 2.54. The van der Waals surface area contributed by atoms with Gasteiger partial charge in [-0.1, -0.05) is 0 Å². The predicted molar refractivity (Wildman–Crippen MR) is 48.9 cm³/mol. The molecule has 0 atom stereocenters. The normalized spacial score (nSPS) is 14.3. The summed E-state index contributed by atoms with van der Waals surface area (Å²) in [6, 6.07) is 0. The Balaban J connectivity index is 5.38. The molecule has 0 rings (SSSR count). The predicted octanol–water partition coefficient (Wildman–Crippen LogP) is 3.02. The Morgan fingerprint density at radius 2 is 1.14 bits per heavy atom. The lowest BCUT2D eigenvalue weighted by Gasteiger charge is -2.33. The van der Waals surface area contributed by atoms with Crippen molar-refractivity contribution in [2.75, 3.05) is 0 Å². The molecular weight excluding hydrogens is 343 g/mol. The van der Waals surface area contributed by atoms with Gasteiger partial charge in [-0.2, -0.15) is 39.5 Å². The summed E-state index contributed by atoms with van der Waals surface area (Å²) in [7, 11) is 0. The van der Waals surface area contributed by atoms with E-state index in [1.54, 1.807) is 0 Å². The summed E-state index contributed by atoms with van der Waals surface area (Å²) < 4.78 is 112. The van der Waals surface area contributed by atoms with Gasteiger partial charge in [0.05, 0.1) is 0 Å². The molecule has 22 heavy (non-hydrogen) atoms. The van der Waals surface area contributed by atoms with Crippen molar-refractivity contribution < 1.29 is 59.3 Å². The van der Waals surface area contributed by atoms with Crippen LogP contribution in [0, 0.1) is 5.92 Å². The van der Waals surface area contributed by atoms with Gasteiger partial charge in [0.1, 0.15) is 0 Å². The van der Waals surface area contributed by atoms with E-state index in [9.17, 15) is 49.1 Å². The second-order valence-corrected chi connectivity index (χ2v) is 4.12. The number of carbonyl (C=O) groups is 2. The Morgan fingerprint density at radius 3 is 1.41 bits per heavy atom. The zero-order valence-corrected chi connectivity index (χ0v) is 10.1. The van der Waals surface area contributed by atoms with Crippen LogP contribution in [0.15, 0.2) is 0 Å². The molecule has 0 amide bonds. The fourth-order valence-corrected chi connectivity index (χ4v) is 1.24. The van der Waals surface area contributed by atoms with E-state index in [1.807, 2.05) is 0 Å². The molecule has 0 saturated heterocycles. The van der Waals surface area contributed by atoms with Crippen LogP contribution in [0.25, 0.3) is 0 Å². The third-order valence-corrected chi connectivity index (χ3v) is 2.55. The van der Waals surface area contributed by atoms with Gasteiger partial charge >= 0.3 is 35.9 Å². The lowest BCUT2D eigenvalue weighted by atomic mass is 9.94. The topological polar surface area (TPSA) is 74.6 Å². The second-order valence-electron chi connectivity index (χ2n) is 4.12. The number of halogens is 9. The zero-order chi connectivity index (χ0) is 18.1. The van der Waals surface area contributed by atoms with Crippen LogP contribution in [0.1, 0.15) is 12.8 Å². The van der Waals surface area contributed by atoms with Crippen molar-refractivity contribution >= 4 is 11.9 Å². The molecule has 2 N–H and O–H groups in total. The highest BCUT2D eigenvalue weighted by Gasteiger charge is 2.81. The van der Waals surface area contributed by atoms with Gasteiger partial charge in [0.15, 0.2) is 5.92 Å². The molecule has 0 aromatic heterocycles. The molecule has 0 aromatic rings. The monoisotopic (exact) mass is 350 g/mol. The van der Waals surface area contributed by atoms with Crippen LogP contribution in [-0.4, -0.2) is 46.1 Å². The lowest BCUT2D eigenvalue weighted by molar-refractivity contribution is -0.396. The summed E-state index contributed by atoms with van der Waals surface area (Å²) in [5.74, 6) is -27.1. The van der Waals surface area contributed by atoms with Gasteiger partial charge in [-0.25, -0.2) is 0 Å². The van der Waals surface area contributed by atoms with Crippen LogP contribution < -0.4 is 0 Å². The van der Waals surface area contributed by atoms with Crippen molar-refractivity contribution in [3.05, 3.63) is 0 Å². The van der Waals surface area contributed by atoms with Gasteiger partial charge < -0.3 is 10.2 Å². The molecule has 0 aromatic carbocycles. The largest absolute Gasteiger partial charge is 0.481 e. The standard InChI is InChI=1S/C9H7F9O4/c10-6(11,2-1-3(4(19)20)5(21)22)7(12,13)8(14,15)9(16,17)18/h3H,1-2H2,(H,19,20)(H,21,22). The first-order chi connectivity index (χ1) is 9.49. The molecule has 0 unspecified atom stereocenters. The lowest BCUT2D eigenvalue weighted by Crippen LogP contribution is -2.60. The molecule has 0 radical (unpaired) electrons. The molecule has 0 aliphatic heterocycles. The minimum atomic E-state index is -7.09. The minimum absolute atomic E-state index is 1.78. The van der Waals surface area contributed by atoms with Crippen LogP contribution in [-0.2, 0) is 9.59 Å². The maximum Gasteiger partial charge on any atom is 0.460 e. The zero-order valence-electron chi connectivity index (χ0n) is 10.1. The fraction of sp³-hybridized carbons (Fsp3) is 0.778. The van der Waals surface area contributed by atoms with Crippen molar-refractivity contribution in [2.24, 2.45) is 5.92 Å². The maximum absolute atomic E-state index is 13.0. The smallest absolute Gasteiger partial charge is 0.460 e. The molecule has 0 aliphatic carbocycles. The first kappa shape index (κ1) is 20.3. The van der Waals surface area contributed by atoms with Crippen LogP contribution in [0.4, 0.5) is 39.5 Å². The van der Waals surface area contributed by atoms with Gasteiger partial charge in [0, 0.05) is 6.42 Å². The van der Waals surface area contributed by atoms with Crippen LogP contribution >= 0.6 is 0 Å². The van der Waals surface area contributed by atoms with Crippen LogP contribution in [0.5, 0.6) is 0 Å². The molecular formula is C9H7F9O4. The van der Waals surface area contributed by atoms with E-state index in [2.05, 4.69) is 0 Å². The van der Waals surface area contributed by atoms with Gasteiger partial charge in [-0.15, -0.1) is 0 Å². The summed E-state index contributed by atoms with van der Waals surface area (Å²) in [4.78, 5) is 20.6. The Morgan fingerprint density at radius 1 is 0.773 bits per heavy atom. The third kappa shape index (κ3) is 3.55. The Kier molecular flexibility index (Phi) is 5.39. The highest BCUT2D eigenvalue weighted by atomic mass is 19.4. The SMILES string of the molecule is O=C(O)C(CCC(F)(F)C(F)(F)C(F)(F)C(F)(F)F)C(=O)O. The molecule has 0 heterocycles. The van der Waals surface area contributed by atoms with Gasteiger partial charge in [-0.05, 0) is 6.42 Å². The quantitative estimate of drug-likeness (QED) is 0.547. The van der Waals surface area contributed by atoms with Crippen molar-refractivity contribution in [2.45, 2.75) is 36.8 Å². The third-order valence-electron chi connectivity index (χ3n) is 2.55. The molecule has 0 fully saturated rings. The van der Waals surface area contributed by atoms with Crippen molar-refractivity contribution in [1.29, 1.82) is 0 Å². The summed E-state index contributed by atoms with van der Waals surface area (Å²) in [6.45, 7) is 0. The number of carboxylic acids is 2. The molecule has 13 heteroatoms. The van der Waals surface area contributed by atoms with E-state index in [0.29, 0.717) is 0 Å². The van der Waals surface area contributed by atoms with E-state index in [-0.39, 0.29) is 0 Å². The maximum atomic E-state index is 13.0. The van der Waals surface area contributed by atoms with Gasteiger partial charge in [0.25, 0.3) is 0 Å². The highest BCUT2D eigenvalue weighted by molar-refractivity contribution is 5.92. The minimum Gasteiger partial charge on any atom is -0.481 e. The average molecular weight is 350 g/mol. The van der Waals surface area contributed by atoms with Crippen LogP contribution in [0.2, 0.25) is 0 Å². The first-order valence-electron chi connectivity index (χ1n) is 5.15. The van der Waals surface area contributed by atoms with E-state index < -0.39 is 54.6 Å². The summed E-state index contributed by atoms with van der Waals surface area (Å²) in [6.07, 6.45) is -11.3. The molecule has 0 aliphatic rings. The molecule has 0 bridgehead atoms. The molecule has 4 nitrogen and oxygen atoms in total. The Labute approximate surface area is 115 Å². The number of hydrogen-bond donors (Lipinski definition) is 2. The Hall–Kier alpha value is -1.69. The number of hydrogen-bond acceptors (Lipinski definition) is 2. The fourth-order valence-electron chi connectivity index (χ4n) is 1.24. The Bertz CT molecular complexity index is 429. The second kappa shape index (κ2) is 5.83. The number of aliphatic carboxylic acids is 2. The van der Waals surface area contributed by atoms with Crippen molar-refractivity contribution in [3.8, 4) is 0 Å². The first-order valence-corrected chi connectivity index (χ1v) is 5.15. The van der Waals surface area contributed by atoms with Crippen LogP contribution in [0.3, 0.4) is 0 Å². The summed E-state index contributed by atoms with van der Waals surface area (Å²) in [5, 5.41) is 16.6. The molecule has 0 saturated carbocycles. The van der Waals surface area contributed by atoms with Crippen molar-refractivity contribution in [3.63, 3.8) is 0 Å². The molecule has 130 valence electrons. The van der Waals surface area contributed by atoms with E-state index in [0.717, 1.165) is 0 Å². The molecule has 0 spiro atoms.